The minimum atomic E-state index is -0.940. The highest BCUT2D eigenvalue weighted by molar-refractivity contribution is 7.99. The van der Waals surface area contributed by atoms with Gasteiger partial charge in [0.2, 0.25) is 5.16 Å². The molecular formula is C19H21N4O4S+. The number of thioether (sulfide) groups is 1. The molecule has 0 spiro atoms. The predicted octanol–water partition coefficient (Wildman–Crippen LogP) is 2.13. The summed E-state index contributed by atoms with van der Waals surface area (Å²) in [6.07, 6.45) is 0. The second kappa shape index (κ2) is 8.11. The van der Waals surface area contributed by atoms with Crippen molar-refractivity contribution in [3.63, 3.8) is 0 Å². The van der Waals surface area contributed by atoms with Gasteiger partial charge in [-0.25, -0.2) is 10.2 Å². The van der Waals surface area contributed by atoms with Crippen LogP contribution in [0.2, 0.25) is 0 Å². The summed E-state index contributed by atoms with van der Waals surface area (Å²) in [5, 5.41) is 35.5. The smallest absolute Gasteiger partial charge is 0.313 e. The third kappa shape index (κ3) is 4.76. The van der Waals surface area contributed by atoms with Gasteiger partial charge in [0.25, 0.3) is 0 Å². The van der Waals surface area contributed by atoms with E-state index < -0.39 is 11.6 Å². The average molecular weight is 401 g/mol. The molecule has 28 heavy (non-hydrogen) atoms. The maximum atomic E-state index is 10.7. The summed E-state index contributed by atoms with van der Waals surface area (Å²) in [5.41, 5.74) is 3.96. The largest absolute Gasteiger partial charge is 0.481 e. The number of benzene rings is 2. The molecule has 2 aromatic carbocycles. The normalized spacial score (nSPS) is 11.6. The molecule has 0 aliphatic carbocycles. The zero-order valence-electron chi connectivity index (χ0n) is 15.4. The van der Waals surface area contributed by atoms with Crippen LogP contribution in [0.25, 0.3) is 22.5 Å². The number of rotatable bonds is 7. The highest BCUT2D eigenvalue weighted by atomic mass is 32.2. The molecule has 0 radical (unpaired) electrons. The fraction of sp³-hybridized carbons (Fsp3) is 0.211. The first-order valence-corrected chi connectivity index (χ1v) is 9.48. The zero-order valence-corrected chi connectivity index (χ0v) is 16.2. The maximum absolute atomic E-state index is 10.7. The van der Waals surface area contributed by atoms with E-state index in [0.29, 0.717) is 22.2 Å². The Morgan fingerprint density at radius 1 is 1.14 bits per heavy atom. The molecule has 0 amide bonds. The number of aliphatic carboxylic acids is 1. The number of aromatic amines is 1. The standard InChI is InChI=1S/C19H20N4O4S/c1-19(2,26)14-5-3-11(4-6-14)12-7-13(9-15(8-12)23-27)17-20-18(22-21-17)28-10-16(24)25/h3-9,23,26-27H,10H2,1-2H3,(H,24,25)(H,20,21,22)/p+1. The molecule has 8 nitrogen and oxygen atoms in total. The van der Waals surface area contributed by atoms with Crippen molar-refractivity contribution in [2.24, 2.45) is 0 Å². The fourth-order valence-corrected chi connectivity index (χ4v) is 3.19. The summed E-state index contributed by atoms with van der Waals surface area (Å²) >= 11 is 1.02. The number of hydrogen-bond acceptors (Lipinski definition) is 6. The van der Waals surface area contributed by atoms with Crippen molar-refractivity contribution < 1.29 is 25.7 Å². The van der Waals surface area contributed by atoms with Crippen LogP contribution in [0, 0.1) is 0 Å². The lowest BCUT2D eigenvalue weighted by molar-refractivity contribution is -0.825. The Labute approximate surface area is 165 Å². The van der Waals surface area contributed by atoms with E-state index in [1.165, 1.54) is 0 Å². The van der Waals surface area contributed by atoms with Gasteiger partial charge in [-0.15, -0.1) is 5.10 Å². The summed E-state index contributed by atoms with van der Waals surface area (Å²) in [7, 11) is 0. The Kier molecular flexibility index (Phi) is 5.80. The maximum Gasteiger partial charge on any atom is 0.313 e. The van der Waals surface area contributed by atoms with Crippen molar-refractivity contribution in [2.75, 3.05) is 5.75 Å². The Morgan fingerprint density at radius 2 is 1.82 bits per heavy atom. The van der Waals surface area contributed by atoms with Crippen LogP contribution in [-0.2, 0) is 10.4 Å². The first kappa shape index (κ1) is 20.0. The molecule has 3 aromatic rings. The van der Waals surface area contributed by atoms with E-state index in [2.05, 4.69) is 15.2 Å². The Hall–Kier alpha value is -2.72. The first-order chi connectivity index (χ1) is 13.3. The van der Waals surface area contributed by atoms with E-state index in [0.717, 1.165) is 33.9 Å². The fourth-order valence-electron chi connectivity index (χ4n) is 2.67. The summed E-state index contributed by atoms with van der Waals surface area (Å²) in [6, 6.07) is 13.0. The predicted molar refractivity (Wildman–Crippen MR) is 104 cm³/mol. The number of H-pyrrole nitrogens is 1. The van der Waals surface area contributed by atoms with Crippen LogP contribution >= 0.6 is 11.8 Å². The molecule has 0 fully saturated rings. The van der Waals surface area contributed by atoms with Crippen LogP contribution in [0.4, 0.5) is 5.69 Å². The number of hydrogen-bond donors (Lipinski definition) is 5. The first-order valence-electron chi connectivity index (χ1n) is 8.49. The van der Waals surface area contributed by atoms with Crippen molar-refractivity contribution in [3.8, 4) is 22.5 Å². The van der Waals surface area contributed by atoms with Crippen LogP contribution in [0.15, 0.2) is 47.6 Å². The lowest BCUT2D eigenvalue weighted by atomic mass is 9.95. The second-order valence-electron chi connectivity index (χ2n) is 6.76. The van der Waals surface area contributed by atoms with E-state index in [1.807, 2.05) is 36.4 Å². The number of nitrogens with zero attached hydrogens (tertiary/aromatic N) is 2. The molecule has 0 saturated carbocycles. The lowest BCUT2D eigenvalue weighted by Gasteiger charge is -2.18. The van der Waals surface area contributed by atoms with Crippen molar-refractivity contribution in [1.82, 2.24) is 15.2 Å². The highest BCUT2D eigenvalue weighted by Crippen LogP contribution is 2.30. The van der Waals surface area contributed by atoms with E-state index >= 15 is 0 Å². The molecule has 0 aliphatic rings. The summed E-state index contributed by atoms with van der Waals surface area (Å²) < 4.78 is 0. The van der Waals surface area contributed by atoms with Gasteiger partial charge in [0, 0.05) is 17.7 Å². The third-order valence-electron chi connectivity index (χ3n) is 4.09. The molecule has 3 rings (SSSR count). The minimum absolute atomic E-state index is 0.124. The number of carboxylic acid groups (broad SMARTS) is 1. The van der Waals surface area contributed by atoms with Gasteiger partial charge >= 0.3 is 5.97 Å². The van der Waals surface area contributed by atoms with Gasteiger partial charge in [0.1, 0.15) is 0 Å². The number of quaternary nitrogens is 1. The quantitative estimate of drug-likeness (QED) is 0.232. The van der Waals surface area contributed by atoms with E-state index in [4.69, 9.17) is 5.11 Å². The minimum Gasteiger partial charge on any atom is -0.481 e. The number of nitrogens with two attached hydrogens (primary N) is 1. The molecule has 1 heterocycles. The monoisotopic (exact) mass is 401 g/mol. The van der Waals surface area contributed by atoms with E-state index in [9.17, 15) is 15.1 Å². The Morgan fingerprint density at radius 3 is 2.43 bits per heavy atom. The van der Waals surface area contributed by atoms with Crippen molar-refractivity contribution >= 4 is 23.4 Å². The number of carboxylic acids is 1. The Balaban J connectivity index is 1.93. The van der Waals surface area contributed by atoms with Gasteiger partial charge < -0.3 is 10.2 Å². The molecule has 0 aliphatic heterocycles. The molecule has 6 N–H and O–H groups in total. The van der Waals surface area contributed by atoms with Gasteiger partial charge in [0.15, 0.2) is 11.5 Å². The number of aliphatic hydroxyl groups is 1. The van der Waals surface area contributed by atoms with Crippen molar-refractivity contribution in [3.05, 3.63) is 48.0 Å². The van der Waals surface area contributed by atoms with E-state index in [1.54, 1.807) is 19.9 Å². The van der Waals surface area contributed by atoms with Gasteiger partial charge in [-0.2, -0.15) is 5.48 Å². The molecule has 146 valence electrons. The molecule has 0 saturated heterocycles. The van der Waals surface area contributed by atoms with Crippen LogP contribution < -0.4 is 5.48 Å². The molecule has 0 bridgehead atoms. The van der Waals surface area contributed by atoms with Crippen LogP contribution in [-0.4, -0.2) is 42.3 Å². The van der Waals surface area contributed by atoms with Crippen molar-refractivity contribution in [2.45, 2.75) is 24.6 Å². The average Bonchev–Trinajstić information content (AvgIpc) is 3.14. The highest BCUT2D eigenvalue weighted by Gasteiger charge is 2.16. The summed E-state index contributed by atoms with van der Waals surface area (Å²) in [6.45, 7) is 3.45. The number of carbonyl (C=O) groups is 1. The topological polar surface area (TPSA) is 136 Å². The number of nitrogens with one attached hydrogen (secondary N) is 1. The Bertz CT molecular complexity index is 980. The molecule has 1 aromatic heterocycles. The van der Waals surface area contributed by atoms with Crippen LogP contribution in [0.1, 0.15) is 19.4 Å². The van der Waals surface area contributed by atoms with Gasteiger partial charge in [-0.3, -0.25) is 9.89 Å². The zero-order chi connectivity index (χ0) is 20.3. The number of aromatic nitrogens is 3. The van der Waals surface area contributed by atoms with Crippen LogP contribution in [0.5, 0.6) is 0 Å². The van der Waals surface area contributed by atoms with E-state index in [-0.39, 0.29) is 5.75 Å². The second-order valence-corrected chi connectivity index (χ2v) is 7.70. The van der Waals surface area contributed by atoms with Gasteiger partial charge in [-0.05, 0) is 36.6 Å². The summed E-state index contributed by atoms with van der Waals surface area (Å²) in [4.78, 5) is 15.0. The molecule has 0 atom stereocenters. The molecule has 0 unspecified atom stereocenters. The third-order valence-corrected chi connectivity index (χ3v) is 4.92. The molecular weight excluding hydrogens is 380 g/mol. The lowest BCUT2D eigenvalue weighted by Crippen LogP contribution is -2.73. The van der Waals surface area contributed by atoms with Crippen molar-refractivity contribution in [1.29, 1.82) is 0 Å². The van der Waals surface area contributed by atoms with Crippen LogP contribution in [0.3, 0.4) is 0 Å². The molecule has 9 heteroatoms. The summed E-state index contributed by atoms with van der Waals surface area (Å²) in [5.74, 6) is -0.587. The van der Waals surface area contributed by atoms with Gasteiger partial charge in [-0.1, -0.05) is 36.0 Å². The SMILES string of the molecule is CC(C)(O)c1ccc(-c2cc([NH2+]O)cc(-c3nc(SCC(=O)O)n[nH]3)c2)cc1. The van der Waals surface area contributed by atoms with Gasteiger partial charge in [0.05, 0.1) is 11.4 Å².